The molecule has 0 fully saturated rings. The van der Waals surface area contributed by atoms with E-state index in [9.17, 15) is 0 Å². The number of anilines is 1. The maximum atomic E-state index is 6.10. The number of fused-ring (bicyclic) bond motifs is 1. The van der Waals surface area contributed by atoms with Crippen LogP contribution < -0.4 is 5.32 Å². The van der Waals surface area contributed by atoms with E-state index < -0.39 is 0 Å². The number of nitrogens with one attached hydrogen (secondary N) is 1. The van der Waals surface area contributed by atoms with Crippen LogP contribution in [0.4, 0.5) is 5.82 Å². The van der Waals surface area contributed by atoms with E-state index in [1.165, 1.54) is 0 Å². The van der Waals surface area contributed by atoms with Gasteiger partial charge in [-0.05, 0) is 42.8 Å². The molecule has 0 aliphatic rings. The quantitative estimate of drug-likeness (QED) is 0.692. The Hall–Kier alpha value is -1.65. The molecule has 1 N–H and O–H groups in total. The maximum absolute atomic E-state index is 6.10. The van der Waals surface area contributed by atoms with Crippen molar-refractivity contribution >= 4 is 44.3 Å². The van der Waals surface area contributed by atoms with E-state index in [1.54, 1.807) is 0 Å². The Labute approximate surface area is 136 Å². The molecule has 0 aliphatic heterocycles. The van der Waals surface area contributed by atoms with Gasteiger partial charge in [0.25, 0.3) is 0 Å². The molecule has 3 nitrogen and oxygen atoms in total. The Bertz CT molecular complexity index is 833. The second kappa shape index (κ2) is 5.62. The first-order valence-corrected chi connectivity index (χ1v) is 7.67. The third kappa shape index (κ3) is 2.74. The van der Waals surface area contributed by atoms with E-state index >= 15 is 0 Å². The summed E-state index contributed by atoms with van der Waals surface area (Å²) < 4.78 is 1.00. The summed E-state index contributed by atoms with van der Waals surface area (Å²) in [6.45, 7) is 2.03. The Balaban J connectivity index is 2.29. The predicted octanol–water partition coefficient (Wildman–Crippen LogP) is 5.06. The van der Waals surface area contributed by atoms with Crippen LogP contribution in [-0.2, 0) is 0 Å². The highest BCUT2D eigenvalue weighted by molar-refractivity contribution is 9.10. The predicted molar refractivity (Wildman–Crippen MR) is 92.0 cm³/mol. The van der Waals surface area contributed by atoms with Crippen molar-refractivity contribution in [2.75, 3.05) is 12.4 Å². The summed E-state index contributed by atoms with van der Waals surface area (Å²) in [5, 5.41) is 4.80. The number of halogens is 2. The van der Waals surface area contributed by atoms with Crippen LogP contribution in [0.25, 0.3) is 22.3 Å². The average molecular weight is 363 g/mol. The van der Waals surface area contributed by atoms with Crippen LogP contribution in [0.5, 0.6) is 0 Å². The van der Waals surface area contributed by atoms with Gasteiger partial charge in [-0.2, -0.15) is 0 Å². The zero-order valence-electron chi connectivity index (χ0n) is 11.6. The molecule has 0 aliphatic carbocycles. The molecule has 0 unspecified atom stereocenters. The molecule has 0 saturated carbocycles. The van der Waals surface area contributed by atoms with Crippen molar-refractivity contribution in [3.8, 4) is 11.4 Å². The van der Waals surface area contributed by atoms with Gasteiger partial charge in [0.1, 0.15) is 5.82 Å². The van der Waals surface area contributed by atoms with E-state index in [1.807, 2.05) is 50.4 Å². The fraction of sp³-hybridized carbons (Fsp3) is 0.125. The number of rotatable bonds is 2. The summed E-state index contributed by atoms with van der Waals surface area (Å²) in [5.74, 6) is 1.48. The van der Waals surface area contributed by atoms with Gasteiger partial charge < -0.3 is 5.32 Å². The summed E-state index contributed by atoms with van der Waals surface area (Å²) in [7, 11) is 1.86. The molecule has 3 rings (SSSR count). The fourth-order valence-corrected chi connectivity index (χ4v) is 2.78. The zero-order chi connectivity index (χ0) is 15.0. The highest BCUT2D eigenvalue weighted by Crippen LogP contribution is 2.29. The first-order chi connectivity index (χ1) is 10.1. The molecule has 3 aromatic rings. The molecule has 2 aromatic carbocycles. The second-order valence-corrected chi connectivity index (χ2v) is 6.12. The average Bonchev–Trinajstić information content (AvgIpc) is 2.48. The van der Waals surface area contributed by atoms with Gasteiger partial charge in [-0.15, -0.1) is 0 Å². The normalized spacial score (nSPS) is 10.9. The first-order valence-electron chi connectivity index (χ1n) is 6.50. The Morgan fingerprint density at radius 2 is 1.90 bits per heavy atom. The summed E-state index contributed by atoms with van der Waals surface area (Å²) in [6.07, 6.45) is 0. The topological polar surface area (TPSA) is 37.8 Å². The van der Waals surface area contributed by atoms with Crippen LogP contribution in [0.2, 0.25) is 5.02 Å². The summed E-state index contributed by atoms with van der Waals surface area (Å²) in [6, 6.07) is 11.7. The maximum Gasteiger partial charge on any atom is 0.162 e. The van der Waals surface area contributed by atoms with Crippen molar-refractivity contribution in [2.45, 2.75) is 6.92 Å². The molecule has 0 atom stereocenters. The van der Waals surface area contributed by atoms with Crippen molar-refractivity contribution in [3.05, 3.63) is 51.5 Å². The molecule has 1 aromatic heterocycles. The van der Waals surface area contributed by atoms with Crippen LogP contribution in [0.3, 0.4) is 0 Å². The SMILES string of the molecule is CNc1nc(-c2cc(Cl)ccc2C)nc2ccc(Br)cc12. The van der Waals surface area contributed by atoms with Crippen molar-refractivity contribution < 1.29 is 0 Å². The minimum absolute atomic E-state index is 0.675. The molecule has 0 amide bonds. The highest BCUT2D eigenvalue weighted by Gasteiger charge is 2.11. The molecular formula is C16H13BrClN3. The smallest absolute Gasteiger partial charge is 0.162 e. The minimum atomic E-state index is 0.675. The summed E-state index contributed by atoms with van der Waals surface area (Å²) in [5.41, 5.74) is 2.94. The molecule has 5 heteroatoms. The van der Waals surface area contributed by atoms with Gasteiger partial charge in [0.15, 0.2) is 5.82 Å². The number of hydrogen-bond acceptors (Lipinski definition) is 3. The largest absolute Gasteiger partial charge is 0.373 e. The zero-order valence-corrected chi connectivity index (χ0v) is 14.0. The van der Waals surface area contributed by atoms with E-state index in [0.29, 0.717) is 10.8 Å². The molecule has 0 saturated heterocycles. The third-order valence-corrected chi connectivity index (χ3v) is 4.06. The number of benzene rings is 2. The number of aryl methyl sites for hydroxylation is 1. The lowest BCUT2D eigenvalue weighted by molar-refractivity contribution is 1.20. The van der Waals surface area contributed by atoms with Crippen LogP contribution in [0.15, 0.2) is 40.9 Å². The number of nitrogens with zero attached hydrogens (tertiary/aromatic N) is 2. The lowest BCUT2D eigenvalue weighted by Crippen LogP contribution is -1.99. The Morgan fingerprint density at radius 1 is 1.10 bits per heavy atom. The van der Waals surface area contributed by atoms with E-state index in [4.69, 9.17) is 11.6 Å². The van der Waals surface area contributed by atoms with E-state index in [-0.39, 0.29) is 0 Å². The van der Waals surface area contributed by atoms with Gasteiger partial charge in [0.05, 0.1) is 5.52 Å². The summed E-state index contributed by atoms with van der Waals surface area (Å²) in [4.78, 5) is 9.30. The standard InChI is InChI=1S/C16H13BrClN3/c1-9-3-5-11(18)8-12(9)16-20-14-6-4-10(17)7-13(14)15(19-2)21-16/h3-8H,1-2H3,(H,19,20,21). The Morgan fingerprint density at radius 3 is 2.67 bits per heavy atom. The van der Waals surface area contributed by atoms with Crippen molar-refractivity contribution in [3.63, 3.8) is 0 Å². The van der Waals surface area contributed by atoms with Crippen molar-refractivity contribution in [2.24, 2.45) is 0 Å². The lowest BCUT2D eigenvalue weighted by atomic mass is 10.1. The molecule has 106 valence electrons. The number of hydrogen-bond donors (Lipinski definition) is 1. The van der Waals surface area contributed by atoms with E-state index in [2.05, 4.69) is 31.2 Å². The van der Waals surface area contributed by atoms with Gasteiger partial charge >= 0.3 is 0 Å². The van der Waals surface area contributed by atoms with Crippen LogP contribution in [-0.4, -0.2) is 17.0 Å². The molecule has 0 spiro atoms. The van der Waals surface area contributed by atoms with Crippen molar-refractivity contribution in [1.29, 1.82) is 0 Å². The molecular weight excluding hydrogens is 350 g/mol. The van der Waals surface area contributed by atoms with Crippen LogP contribution >= 0.6 is 27.5 Å². The lowest BCUT2D eigenvalue weighted by Gasteiger charge is -2.10. The van der Waals surface area contributed by atoms with Gasteiger partial charge in [-0.1, -0.05) is 33.6 Å². The minimum Gasteiger partial charge on any atom is -0.373 e. The summed E-state index contributed by atoms with van der Waals surface area (Å²) >= 11 is 9.58. The van der Waals surface area contributed by atoms with Gasteiger partial charge in [-0.3, -0.25) is 0 Å². The first kappa shape index (κ1) is 14.3. The molecule has 0 radical (unpaired) electrons. The van der Waals surface area contributed by atoms with Crippen LogP contribution in [0, 0.1) is 6.92 Å². The molecule has 1 heterocycles. The Kier molecular flexibility index (Phi) is 3.83. The van der Waals surface area contributed by atoms with E-state index in [0.717, 1.165) is 32.3 Å². The van der Waals surface area contributed by atoms with Crippen LogP contribution in [0.1, 0.15) is 5.56 Å². The van der Waals surface area contributed by atoms with Gasteiger partial charge in [0, 0.05) is 27.5 Å². The third-order valence-electron chi connectivity index (χ3n) is 3.34. The monoisotopic (exact) mass is 361 g/mol. The van der Waals surface area contributed by atoms with Gasteiger partial charge in [-0.25, -0.2) is 9.97 Å². The number of aromatic nitrogens is 2. The molecule has 21 heavy (non-hydrogen) atoms. The van der Waals surface area contributed by atoms with Gasteiger partial charge in [0.2, 0.25) is 0 Å². The van der Waals surface area contributed by atoms with Crippen molar-refractivity contribution in [1.82, 2.24) is 9.97 Å². The molecule has 0 bridgehead atoms. The highest BCUT2D eigenvalue weighted by atomic mass is 79.9. The second-order valence-electron chi connectivity index (χ2n) is 4.77. The fourth-order valence-electron chi connectivity index (χ4n) is 2.25.